The Morgan fingerprint density at radius 3 is 2.29 bits per heavy atom. The summed E-state index contributed by atoms with van der Waals surface area (Å²) in [6.07, 6.45) is -0.571. The first-order valence-corrected chi connectivity index (χ1v) is 13.7. The number of aromatic nitrogens is 4. The van der Waals surface area contributed by atoms with Crippen molar-refractivity contribution in [2.75, 3.05) is 13.2 Å². The number of hydrogen-bond donors (Lipinski definition) is 0. The fourth-order valence-electron chi connectivity index (χ4n) is 4.70. The van der Waals surface area contributed by atoms with E-state index < -0.39 is 26.9 Å². The van der Waals surface area contributed by atoms with Crippen molar-refractivity contribution in [1.29, 1.82) is 0 Å². The van der Waals surface area contributed by atoms with Crippen LogP contribution < -0.4 is 10.4 Å². The molecule has 35 heavy (non-hydrogen) atoms. The predicted octanol–water partition coefficient (Wildman–Crippen LogP) is 4.07. The van der Waals surface area contributed by atoms with Gasteiger partial charge in [-0.05, 0) is 15.4 Å². The Bertz CT molecular complexity index is 1280. The highest BCUT2D eigenvalue weighted by atomic mass is 35.5. The van der Waals surface area contributed by atoms with Crippen LogP contribution in [0.2, 0.25) is 10.2 Å². The number of rotatable bonds is 6. The van der Waals surface area contributed by atoms with Crippen LogP contribution in [-0.2, 0) is 13.9 Å². The molecule has 0 amide bonds. The lowest BCUT2D eigenvalue weighted by Gasteiger charge is -2.43. The van der Waals surface area contributed by atoms with Crippen LogP contribution in [0.25, 0.3) is 11.2 Å². The Balaban J connectivity index is 1.42. The molecule has 0 saturated carbocycles. The summed E-state index contributed by atoms with van der Waals surface area (Å²) in [5.41, 5.74) is 0.563. The summed E-state index contributed by atoms with van der Waals surface area (Å²) in [6.45, 7) is 7.13. The highest BCUT2D eigenvalue weighted by Crippen LogP contribution is 2.37. The largest absolute Gasteiger partial charge is 0.402 e. The van der Waals surface area contributed by atoms with E-state index in [4.69, 9.17) is 25.5 Å². The molecule has 0 aliphatic carbocycles. The van der Waals surface area contributed by atoms with Gasteiger partial charge in [-0.2, -0.15) is 14.4 Å². The van der Waals surface area contributed by atoms with Gasteiger partial charge in [0.2, 0.25) is 0 Å². The zero-order chi connectivity index (χ0) is 24.6. The molecule has 1 fully saturated rings. The standard InChI is InChI=1S/C25H26ClFN4O3Si/c1-25(2,3)35(17-10-6-4-7-11-17,18-12-8-5-9-13-18)33-15-20-32-14-19(34-20)31-16-28-21-22(26)29-24(27)30-23(21)31/h4-13,16,19-20H,14-15H2,1-3H3/t19-,20-/m1/s1. The topological polar surface area (TPSA) is 71.3 Å². The van der Waals surface area contributed by atoms with E-state index in [0.29, 0.717) is 5.52 Å². The fraction of sp³-hybridized carbons (Fsp3) is 0.320. The minimum absolute atomic E-state index is 0.0447. The molecule has 0 N–H and O–H groups in total. The van der Waals surface area contributed by atoms with E-state index in [1.807, 2.05) is 36.4 Å². The van der Waals surface area contributed by atoms with Crippen molar-refractivity contribution in [2.45, 2.75) is 38.3 Å². The third kappa shape index (κ3) is 4.39. The number of hydrogen-bond acceptors (Lipinski definition) is 6. The molecule has 5 rings (SSSR count). The second-order valence-electron chi connectivity index (χ2n) is 9.44. The van der Waals surface area contributed by atoms with Crippen molar-refractivity contribution in [3.05, 3.63) is 78.2 Å². The quantitative estimate of drug-likeness (QED) is 0.220. The van der Waals surface area contributed by atoms with Crippen LogP contribution in [0.1, 0.15) is 27.0 Å². The maximum absolute atomic E-state index is 13.8. The molecule has 0 radical (unpaired) electrons. The molecule has 0 unspecified atom stereocenters. The van der Waals surface area contributed by atoms with Gasteiger partial charge in [0, 0.05) is 0 Å². The minimum atomic E-state index is -2.73. The van der Waals surface area contributed by atoms with Crippen molar-refractivity contribution >= 4 is 41.5 Å². The van der Waals surface area contributed by atoms with Gasteiger partial charge < -0.3 is 13.9 Å². The average molecular weight is 513 g/mol. The Kier molecular flexibility index (Phi) is 6.45. The molecule has 2 atom stereocenters. The fourth-order valence-corrected chi connectivity index (χ4v) is 9.44. The summed E-state index contributed by atoms with van der Waals surface area (Å²) in [5.74, 6) is 0. The van der Waals surface area contributed by atoms with Gasteiger partial charge in [0.25, 0.3) is 8.32 Å². The molecule has 1 aliphatic heterocycles. The van der Waals surface area contributed by atoms with Crippen molar-refractivity contribution in [3.63, 3.8) is 0 Å². The third-order valence-corrected chi connectivity index (χ3v) is 11.5. The molecule has 1 saturated heterocycles. The monoisotopic (exact) mass is 512 g/mol. The van der Waals surface area contributed by atoms with Crippen LogP contribution in [0.15, 0.2) is 67.0 Å². The van der Waals surface area contributed by atoms with Gasteiger partial charge >= 0.3 is 6.08 Å². The highest BCUT2D eigenvalue weighted by Gasteiger charge is 2.50. The number of fused-ring (bicyclic) bond motifs is 1. The molecular weight excluding hydrogens is 487 g/mol. The van der Waals surface area contributed by atoms with Crippen LogP contribution in [0.5, 0.6) is 0 Å². The minimum Gasteiger partial charge on any atom is -0.402 e. The van der Waals surface area contributed by atoms with Gasteiger partial charge in [-0.3, -0.25) is 4.57 Å². The SMILES string of the molecule is CC(C)(C)[Si](OC[C@@H]1OC[C@H](n2cnc3c(Cl)nc(F)nc32)O1)(c1ccccc1)c1ccccc1. The van der Waals surface area contributed by atoms with Crippen molar-refractivity contribution < 1.29 is 18.3 Å². The first-order valence-electron chi connectivity index (χ1n) is 11.4. The number of nitrogens with zero attached hydrogens (tertiary/aromatic N) is 4. The predicted molar refractivity (Wildman–Crippen MR) is 134 cm³/mol. The first kappa shape index (κ1) is 24.0. The normalized spacial score (nSPS) is 18.9. The molecule has 2 aromatic carbocycles. The van der Waals surface area contributed by atoms with Gasteiger partial charge in [0.15, 0.2) is 23.3 Å². The summed E-state index contributed by atoms with van der Waals surface area (Å²) >= 11 is 6.02. The van der Waals surface area contributed by atoms with Crippen LogP contribution in [0.3, 0.4) is 0 Å². The van der Waals surface area contributed by atoms with Gasteiger partial charge in [-0.1, -0.05) is 93.0 Å². The molecule has 1 aliphatic rings. The molecule has 7 nitrogen and oxygen atoms in total. The maximum atomic E-state index is 13.8. The van der Waals surface area contributed by atoms with Gasteiger partial charge in [-0.25, -0.2) is 4.98 Å². The van der Waals surface area contributed by atoms with E-state index in [1.54, 1.807) is 4.57 Å². The Morgan fingerprint density at radius 2 is 1.69 bits per heavy atom. The Morgan fingerprint density at radius 1 is 1.06 bits per heavy atom. The van der Waals surface area contributed by atoms with E-state index in [-0.39, 0.29) is 29.1 Å². The number of imidazole rings is 1. The summed E-state index contributed by atoms with van der Waals surface area (Å²) in [7, 11) is -2.73. The summed E-state index contributed by atoms with van der Waals surface area (Å²) < 4.78 is 34.4. The zero-order valence-corrected chi connectivity index (χ0v) is 21.4. The van der Waals surface area contributed by atoms with E-state index in [0.717, 1.165) is 0 Å². The molecular formula is C25H26ClFN4O3Si. The van der Waals surface area contributed by atoms with Crippen molar-refractivity contribution in [2.24, 2.45) is 0 Å². The second kappa shape index (κ2) is 9.40. The molecule has 3 heterocycles. The van der Waals surface area contributed by atoms with E-state index in [2.05, 4.69) is 60.0 Å². The number of halogens is 2. The van der Waals surface area contributed by atoms with Crippen LogP contribution >= 0.6 is 11.6 Å². The summed E-state index contributed by atoms with van der Waals surface area (Å²) in [6, 6.07) is 20.8. The molecule has 10 heteroatoms. The van der Waals surface area contributed by atoms with Crippen LogP contribution in [0.4, 0.5) is 4.39 Å². The third-order valence-electron chi connectivity index (χ3n) is 6.25. The highest BCUT2D eigenvalue weighted by molar-refractivity contribution is 6.99. The second-order valence-corrected chi connectivity index (χ2v) is 14.1. The van der Waals surface area contributed by atoms with Crippen LogP contribution in [-0.4, -0.2) is 47.3 Å². The van der Waals surface area contributed by atoms with Gasteiger partial charge in [0.1, 0.15) is 5.52 Å². The van der Waals surface area contributed by atoms with Crippen molar-refractivity contribution in [1.82, 2.24) is 19.5 Å². The Labute approximate surface area is 209 Å². The van der Waals surface area contributed by atoms with Gasteiger partial charge in [-0.15, -0.1) is 0 Å². The molecule has 0 spiro atoms. The summed E-state index contributed by atoms with van der Waals surface area (Å²) in [5, 5.41) is 2.14. The lowest BCUT2D eigenvalue weighted by atomic mass is 10.2. The maximum Gasteiger partial charge on any atom is 0.312 e. The lowest BCUT2D eigenvalue weighted by Crippen LogP contribution is -2.67. The van der Waals surface area contributed by atoms with Crippen LogP contribution in [0, 0.1) is 6.08 Å². The number of ether oxygens (including phenoxy) is 2. The average Bonchev–Trinajstić information content (AvgIpc) is 3.47. The van der Waals surface area contributed by atoms with Gasteiger partial charge in [0.05, 0.1) is 19.5 Å². The van der Waals surface area contributed by atoms with E-state index in [9.17, 15) is 4.39 Å². The molecule has 4 aromatic rings. The molecule has 182 valence electrons. The van der Waals surface area contributed by atoms with E-state index >= 15 is 0 Å². The first-order chi connectivity index (χ1) is 16.8. The lowest BCUT2D eigenvalue weighted by molar-refractivity contribution is -0.0943. The molecule has 2 aromatic heterocycles. The van der Waals surface area contributed by atoms with Crippen molar-refractivity contribution in [3.8, 4) is 0 Å². The number of benzene rings is 2. The molecule has 0 bridgehead atoms. The van der Waals surface area contributed by atoms with E-state index in [1.165, 1.54) is 16.7 Å². The zero-order valence-electron chi connectivity index (χ0n) is 19.7. The Hall–Kier alpha value is -2.69. The summed E-state index contributed by atoms with van der Waals surface area (Å²) in [4.78, 5) is 11.6. The smallest absolute Gasteiger partial charge is 0.312 e.